The Kier molecular flexibility index (Phi) is 5.16. The summed E-state index contributed by atoms with van der Waals surface area (Å²) in [6, 6.07) is 0. The summed E-state index contributed by atoms with van der Waals surface area (Å²) in [5, 5.41) is 0. The first-order chi connectivity index (χ1) is 5.24. The van der Waals surface area contributed by atoms with Crippen molar-refractivity contribution in [1.82, 2.24) is 0 Å². The van der Waals surface area contributed by atoms with Crippen LogP contribution in [0.5, 0.6) is 0 Å². The lowest BCUT2D eigenvalue weighted by Crippen LogP contribution is -2.20. The molecule has 0 aliphatic heterocycles. The van der Waals surface area contributed by atoms with Gasteiger partial charge in [0.05, 0.1) is 0 Å². The maximum atomic E-state index is 5.24. The van der Waals surface area contributed by atoms with Crippen LogP contribution in [0.2, 0.25) is 0 Å². The van der Waals surface area contributed by atoms with E-state index in [-0.39, 0.29) is 5.41 Å². The Morgan fingerprint density at radius 3 is 2.27 bits per heavy atom. The van der Waals surface area contributed by atoms with Gasteiger partial charge in [-0.05, 0) is 6.42 Å². The van der Waals surface area contributed by atoms with Crippen molar-refractivity contribution >= 4 is 10.5 Å². The average Bonchev–Trinajstić information content (AvgIpc) is 2.04. The second-order valence-electron chi connectivity index (χ2n) is 2.82. The zero-order valence-electron chi connectivity index (χ0n) is 7.60. The van der Waals surface area contributed by atoms with Gasteiger partial charge < -0.3 is 4.43 Å². The smallest absolute Gasteiger partial charge is 0.146 e. The first-order valence-corrected chi connectivity index (χ1v) is 4.82. The summed E-state index contributed by atoms with van der Waals surface area (Å²) < 4.78 is 5.24. The maximum absolute atomic E-state index is 5.24. The van der Waals surface area contributed by atoms with E-state index in [0.29, 0.717) is 0 Å². The third-order valence-corrected chi connectivity index (χ3v) is 2.23. The van der Waals surface area contributed by atoms with Crippen molar-refractivity contribution in [2.75, 3.05) is 6.61 Å². The third kappa shape index (κ3) is 3.04. The van der Waals surface area contributed by atoms with Gasteiger partial charge in [-0.15, -0.1) is 13.2 Å². The van der Waals surface area contributed by atoms with Gasteiger partial charge in [-0.25, -0.2) is 0 Å². The second-order valence-corrected chi connectivity index (χ2v) is 3.40. The normalized spacial score (nSPS) is 11.4. The van der Waals surface area contributed by atoms with Crippen molar-refractivity contribution in [3.05, 3.63) is 25.3 Å². The van der Waals surface area contributed by atoms with Gasteiger partial charge in [-0.2, -0.15) is 0 Å². The van der Waals surface area contributed by atoms with Crippen molar-refractivity contribution in [3.63, 3.8) is 0 Å². The van der Waals surface area contributed by atoms with Crippen LogP contribution in [0.1, 0.15) is 19.8 Å². The zero-order chi connectivity index (χ0) is 8.74. The van der Waals surface area contributed by atoms with E-state index in [1.165, 1.54) is 0 Å². The van der Waals surface area contributed by atoms with Gasteiger partial charge in [0, 0.05) is 12.0 Å². The molecule has 0 aromatic heterocycles. The molecule has 1 nitrogen and oxygen atoms in total. The lowest BCUT2D eigenvalue weighted by atomic mass is 9.85. The molecule has 0 aromatic rings. The summed E-state index contributed by atoms with van der Waals surface area (Å²) >= 11 is 0. The summed E-state index contributed by atoms with van der Waals surface area (Å²) in [6.45, 7) is 10.5. The largest absolute Gasteiger partial charge is 0.427 e. The quantitative estimate of drug-likeness (QED) is 0.433. The van der Waals surface area contributed by atoms with Crippen molar-refractivity contribution < 1.29 is 4.43 Å². The summed E-state index contributed by atoms with van der Waals surface area (Å²) in [4.78, 5) is 0. The van der Waals surface area contributed by atoms with Crippen molar-refractivity contribution in [3.8, 4) is 0 Å². The first-order valence-electron chi connectivity index (χ1n) is 4.00. The van der Waals surface area contributed by atoms with Crippen LogP contribution >= 0.6 is 0 Å². The molecule has 0 bridgehead atoms. The first kappa shape index (κ1) is 10.7. The minimum Gasteiger partial charge on any atom is -0.427 e. The summed E-state index contributed by atoms with van der Waals surface area (Å²) in [6.07, 6.45) is 6.12. The molecule has 0 radical (unpaired) electrons. The van der Waals surface area contributed by atoms with Gasteiger partial charge in [0.25, 0.3) is 0 Å². The molecule has 0 aliphatic carbocycles. The fraction of sp³-hybridized carbons (Fsp3) is 0.556. The highest BCUT2D eigenvalue weighted by Gasteiger charge is 2.20. The molecule has 0 saturated carbocycles. The number of hydrogen-bond acceptors (Lipinski definition) is 1. The van der Waals surface area contributed by atoms with E-state index in [1.54, 1.807) is 0 Å². The Morgan fingerprint density at radius 2 is 2.00 bits per heavy atom. The van der Waals surface area contributed by atoms with Crippen LogP contribution in [0, 0.1) is 5.41 Å². The van der Waals surface area contributed by atoms with Crippen LogP contribution < -0.4 is 0 Å². The molecule has 0 atom stereocenters. The highest BCUT2D eigenvalue weighted by atomic mass is 28.2. The number of hydrogen-bond donors (Lipinski definition) is 0. The van der Waals surface area contributed by atoms with Crippen LogP contribution in [0.3, 0.4) is 0 Å². The predicted octanol–water partition coefficient (Wildman–Crippen LogP) is 1.44. The summed E-state index contributed by atoms with van der Waals surface area (Å²) in [5.41, 5.74) is 0.0243. The molecule has 0 aliphatic rings. The molecule has 2 heteroatoms. The zero-order valence-corrected chi connectivity index (χ0v) is 9.60. The molecular weight excluding hydrogens is 152 g/mol. The van der Waals surface area contributed by atoms with Crippen molar-refractivity contribution in [1.29, 1.82) is 0 Å². The maximum Gasteiger partial charge on any atom is 0.146 e. The van der Waals surface area contributed by atoms with Gasteiger partial charge in [-0.3, -0.25) is 0 Å². The topological polar surface area (TPSA) is 9.23 Å². The molecule has 11 heavy (non-hydrogen) atoms. The minimum absolute atomic E-state index is 0.0243. The van der Waals surface area contributed by atoms with Gasteiger partial charge in [0.2, 0.25) is 0 Å². The monoisotopic (exact) mass is 170 g/mol. The Bertz CT molecular complexity index is 116. The predicted molar refractivity (Wildman–Crippen MR) is 53.6 cm³/mol. The van der Waals surface area contributed by atoms with Crippen LogP contribution in [0.4, 0.5) is 0 Å². The van der Waals surface area contributed by atoms with E-state index in [9.17, 15) is 0 Å². The molecule has 0 aromatic carbocycles. The molecule has 0 N–H and O–H groups in total. The molecule has 0 fully saturated rings. The molecule has 0 rings (SSSR count). The molecule has 0 saturated heterocycles. The SMILES string of the molecule is C=CC(C=C)(CCC)CO[SiH3]. The molecular formula is C9H18OSi. The standard InChI is InChI=1S/C9H18OSi/c1-4-7-9(5-2,6-3)8-10-11/h5-6H,2-4,7-8H2,1,11H3. The van der Waals surface area contributed by atoms with E-state index in [2.05, 4.69) is 20.1 Å². The third-order valence-electron chi connectivity index (χ3n) is 1.94. The Hall–Kier alpha value is -0.343. The van der Waals surface area contributed by atoms with Gasteiger partial charge in [0.15, 0.2) is 0 Å². The molecule has 0 heterocycles. The van der Waals surface area contributed by atoms with Crippen LogP contribution in [-0.2, 0) is 4.43 Å². The van der Waals surface area contributed by atoms with E-state index in [0.717, 1.165) is 29.9 Å². The lowest BCUT2D eigenvalue weighted by molar-refractivity contribution is 0.236. The second kappa shape index (κ2) is 5.33. The lowest BCUT2D eigenvalue weighted by Gasteiger charge is -2.25. The van der Waals surface area contributed by atoms with Crippen molar-refractivity contribution in [2.24, 2.45) is 5.41 Å². The van der Waals surface area contributed by atoms with Gasteiger partial charge >= 0.3 is 0 Å². The van der Waals surface area contributed by atoms with Gasteiger partial charge in [-0.1, -0.05) is 25.5 Å². The molecule has 0 unspecified atom stereocenters. The van der Waals surface area contributed by atoms with E-state index < -0.39 is 0 Å². The number of rotatable bonds is 6. The minimum atomic E-state index is 0.0243. The van der Waals surface area contributed by atoms with Crippen molar-refractivity contribution in [2.45, 2.75) is 19.8 Å². The molecule has 64 valence electrons. The van der Waals surface area contributed by atoms with Crippen LogP contribution in [-0.4, -0.2) is 17.1 Å². The summed E-state index contributed by atoms with van der Waals surface area (Å²) in [7, 11) is 0.791. The van der Waals surface area contributed by atoms with Crippen LogP contribution in [0.15, 0.2) is 25.3 Å². The fourth-order valence-electron chi connectivity index (χ4n) is 1.21. The molecule has 0 amide bonds. The Labute approximate surface area is 72.7 Å². The van der Waals surface area contributed by atoms with E-state index in [1.807, 2.05) is 12.2 Å². The average molecular weight is 170 g/mol. The van der Waals surface area contributed by atoms with E-state index >= 15 is 0 Å². The summed E-state index contributed by atoms with van der Waals surface area (Å²) in [5.74, 6) is 0. The van der Waals surface area contributed by atoms with Crippen LogP contribution in [0.25, 0.3) is 0 Å². The highest BCUT2D eigenvalue weighted by molar-refractivity contribution is 5.98. The van der Waals surface area contributed by atoms with Gasteiger partial charge in [0.1, 0.15) is 10.5 Å². The Balaban J connectivity index is 4.18. The Morgan fingerprint density at radius 1 is 1.45 bits per heavy atom. The van der Waals surface area contributed by atoms with E-state index in [4.69, 9.17) is 4.43 Å². The molecule has 0 spiro atoms. The highest BCUT2D eigenvalue weighted by Crippen LogP contribution is 2.26. The fourth-order valence-corrected chi connectivity index (χ4v) is 1.75.